The van der Waals surface area contributed by atoms with E-state index in [1.165, 1.54) is 4.68 Å². The highest BCUT2D eigenvalue weighted by molar-refractivity contribution is 7.94. The lowest BCUT2D eigenvalue weighted by Crippen LogP contribution is -2.55. The van der Waals surface area contributed by atoms with E-state index < -0.39 is 27.6 Å². The first-order valence-electron chi connectivity index (χ1n) is 13.1. The predicted octanol–water partition coefficient (Wildman–Crippen LogP) is 4.71. The zero-order chi connectivity index (χ0) is 28.1. The number of aryl methyl sites for hydroxylation is 1. The molecule has 2 heterocycles. The van der Waals surface area contributed by atoms with Crippen LogP contribution in [0.25, 0.3) is 0 Å². The number of aromatic nitrogens is 2. The molecule has 210 valence electrons. The van der Waals surface area contributed by atoms with Gasteiger partial charge in [-0.2, -0.15) is 5.10 Å². The SMILES string of the molecule is CC(C)[Si](OCC(C)(C)S(=O)(=O)C1(CN2CCc3c(C(Cl)=NO)nn(C)c3C2=O)CC1)(C(C)C)C(C)C. The average molecular weight is 575 g/mol. The normalized spacial score (nSPS) is 18.8. The van der Waals surface area contributed by atoms with Crippen molar-refractivity contribution in [2.45, 2.75) is 101 Å². The molecule has 1 amide bonds. The number of carbonyl (C=O) groups excluding carboxylic acids is 1. The molecule has 0 saturated heterocycles. The van der Waals surface area contributed by atoms with Crippen LogP contribution in [-0.2, 0) is 27.7 Å². The summed E-state index contributed by atoms with van der Waals surface area (Å²) in [5.41, 5.74) is 2.30. The minimum Gasteiger partial charge on any atom is -0.414 e. The van der Waals surface area contributed by atoms with Gasteiger partial charge in [-0.3, -0.25) is 9.48 Å². The van der Waals surface area contributed by atoms with Crippen molar-refractivity contribution in [3.05, 3.63) is 17.0 Å². The first-order valence-corrected chi connectivity index (χ1v) is 17.1. The van der Waals surface area contributed by atoms with E-state index in [4.69, 9.17) is 21.2 Å². The summed E-state index contributed by atoms with van der Waals surface area (Å²) in [6.45, 7) is 17.3. The van der Waals surface area contributed by atoms with Crippen LogP contribution >= 0.6 is 11.6 Å². The average Bonchev–Trinajstić information content (AvgIpc) is 3.51. The Bertz CT molecular complexity index is 1150. The van der Waals surface area contributed by atoms with Gasteiger partial charge in [0.1, 0.15) is 11.4 Å². The number of carbonyl (C=O) groups is 1. The maximum absolute atomic E-state index is 14.1. The van der Waals surface area contributed by atoms with Crippen LogP contribution < -0.4 is 0 Å². The van der Waals surface area contributed by atoms with Crippen molar-refractivity contribution >= 4 is 40.8 Å². The summed E-state index contributed by atoms with van der Waals surface area (Å²) in [7, 11) is -4.25. The summed E-state index contributed by atoms with van der Waals surface area (Å²) < 4.78 is 34.3. The number of amides is 1. The van der Waals surface area contributed by atoms with Crippen LogP contribution in [0.2, 0.25) is 16.6 Å². The fourth-order valence-corrected chi connectivity index (χ4v) is 14.6. The molecule has 0 spiro atoms. The number of hydrogen-bond acceptors (Lipinski definition) is 7. The highest BCUT2D eigenvalue weighted by atomic mass is 35.5. The lowest BCUT2D eigenvalue weighted by molar-refractivity contribution is 0.0724. The molecule has 1 aliphatic carbocycles. The first-order chi connectivity index (χ1) is 17.0. The third-order valence-electron chi connectivity index (χ3n) is 8.51. The molecule has 0 unspecified atom stereocenters. The van der Waals surface area contributed by atoms with Gasteiger partial charge in [0.15, 0.2) is 23.3 Å². The Morgan fingerprint density at radius 2 is 1.73 bits per heavy atom. The second-order valence-corrected chi connectivity index (χ2v) is 21.0. The quantitative estimate of drug-likeness (QED) is 0.177. The molecule has 1 N–H and O–H groups in total. The van der Waals surface area contributed by atoms with Gasteiger partial charge < -0.3 is 14.5 Å². The third kappa shape index (κ3) is 4.89. The van der Waals surface area contributed by atoms with E-state index in [0.29, 0.717) is 53.7 Å². The van der Waals surface area contributed by atoms with Crippen molar-refractivity contribution in [3.8, 4) is 0 Å². The standard InChI is InChI=1S/C25H43ClN4O5SSi/c1-16(2)37(17(3)4,18(5)6)35-15-24(7,8)36(33,34)25(11-12-25)14-30-13-10-19-20(22(26)28-32)27-29(9)21(19)23(30)31/h16-18,32H,10-15H2,1-9H3. The maximum Gasteiger partial charge on any atom is 0.272 e. The molecule has 0 bridgehead atoms. The van der Waals surface area contributed by atoms with E-state index in [9.17, 15) is 13.2 Å². The van der Waals surface area contributed by atoms with Crippen LogP contribution in [0.4, 0.5) is 0 Å². The molecule has 1 fully saturated rings. The second-order valence-electron chi connectivity index (χ2n) is 12.2. The van der Waals surface area contributed by atoms with Crippen LogP contribution in [0.5, 0.6) is 0 Å². The minimum absolute atomic E-state index is 0.139. The van der Waals surface area contributed by atoms with Crippen molar-refractivity contribution < 1.29 is 22.8 Å². The van der Waals surface area contributed by atoms with Crippen molar-refractivity contribution in [2.24, 2.45) is 12.2 Å². The van der Waals surface area contributed by atoms with Crippen LogP contribution in [0.3, 0.4) is 0 Å². The zero-order valence-corrected chi connectivity index (χ0v) is 26.2. The van der Waals surface area contributed by atoms with Gasteiger partial charge in [-0.05, 0) is 49.7 Å². The van der Waals surface area contributed by atoms with Gasteiger partial charge in [0.25, 0.3) is 5.91 Å². The molecule has 0 aromatic carbocycles. The lowest BCUT2D eigenvalue weighted by atomic mass is 10.0. The van der Waals surface area contributed by atoms with Gasteiger partial charge in [-0.25, -0.2) is 8.42 Å². The van der Waals surface area contributed by atoms with Gasteiger partial charge in [-0.1, -0.05) is 58.3 Å². The molecule has 1 aliphatic heterocycles. The molecular formula is C25H43ClN4O5SSi. The topological polar surface area (TPSA) is 114 Å². The molecule has 37 heavy (non-hydrogen) atoms. The van der Waals surface area contributed by atoms with Crippen molar-refractivity contribution in [1.82, 2.24) is 14.7 Å². The number of oxime groups is 1. The maximum atomic E-state index is 14.1. The summed E-state index contributed by atoms with van der Waals surface area (Å²) in [5.74, 6) is -0.286. The Morgan fingerprint density at radius 3 is 2.19 bits per heavy atom. The molecule has 1 aromatic heterocycles. The minimum atomic E-state index is -3.64. The van der Waals surface area contributed by atoms with E-state index in [-0.39, 0.29) is 29.9 Å². The van der Waals surface area contributed by atoms with Gasteiger partial charge in [0.2, 0.25) is 0 Å². The highest BCUT2D eigenvalue weighted by Gasteiger charge is 2.61. The monoisotopic (exact) mass is 574 g/mol. The van der Waals surface area contributed by atoms with Crippen molar-refractivity contribution in [1.29, 1.82) is 0 Å². The van der Waals surface area contributed by atoms with Crippen LogP contribution in [0.15, 0.2) is 5.16 Å². The molecule has 3 rings (SSSR count). The molecule has 1 saturated carbocycles. The molecular weight excluding hydrogens is 532 g/mol. The van der Waals surface area contributed by atoms with Crippen molar-refractivity contribution in [3.63, 3.8) is 0 Å². The largest absolute Gasteiger partial charge is 0.414 e. The Kier molecular flexibility index (Phi) is 8.36. The molecule has 9 nitrogen and oxygen atoms in total. The van der Waals surface area contributed by atoms with Crippen LogP contribution in [-0.4, -0.2) is 76.9 Å². The van der Waals surface area contributed by atoms with E-state index in [2.05, 4.69) is 51.8 Å². The second kappa shape index (κ2) is 10.3. The summed E-state index contributed by atoms with van der Waals surface area (Å²) >= 11 is 5.98. The number of rotatable bonds is 11. The lowest BCUT2D eigenvalue weighted by Gasteiger charge is -2.44. The Balaban J connectivity index is 1.84. The Morgan fingerprint density at radius 1 is 1.19 bits per heavy atom. The smallest absolute Gasteiger partial charge is 0.272 e. The Labute approximate surface area is 227 Å². The fourth-order valence-electron chi connectivity index (χ4n) is 6.40. The summed E-state index contributed by atoms with van der Waals surface area (Å²) in [4.78, 5) is 15.1. The van der Waals surface area contributed by atoms with Crippen LogP contribution in [0.1, 0.15) is 90.0 Å². The Hall–Kier alpha value is -1.43. The summed E-state index contributed by atoms with van der Waals surface area (Å²) in [6, 6.07) is 0. The molecule has 1 aromatic rings. The fraction of sp³-hybridized carbons (Fsp3) is 0.800. The molecule has 0 radical (unpaired) electrons. The zero-order valence-electron chi connectivity index (χ0n) is 23.6. The number of hydrogen-bond donors (Lipinski definition) is 1. The summed E-state index contributed by atoms with van der Waals surface area (Å²) in [6.07, 6.45) is 1.50. The van der Waals surface area contributed by atoms with E-state index in [0.717, 1.165) is 0 Å². The van der Waals surface area contributed by atoms with Gasteiger partial charge in [-0.15, -0.1) is 0 Å². The molecule has 0 atom stereocenters. The third-order valence-corrected chi connectivity index (χ3v) is 18.1. The van der Waals surface area contributed by atoms with E-state index in [1.54, 1.807) is 25.8 Å². The van der Waals surface area contributed by atoms with Crippen LogP contribution in [0, 0.1) is 0 Å². The predicted molar refractivity (Wildman–Crippen MR) is 149 cm³/mol. The van der Waals surface area contributed by atoms with E-state index in [1.807, 2.05) is 0 Å². The van der Waals surface area contributed by atoms with Crippen molar-refractivity contribution in [2.75, 3.05) is 19.7 Å². The number of nitrogens with zero attached hydrogens (tertiary/aromatic N) is 4. The molecule has 12 heteroatoms. The van der Waals surface area contributed by atoms with Gasteiger partial charge in [0, 0.05) is 25.7 Å². The number of fused-ring (bicyclic) bond motifs is 1. The van der Waals surface area contributed by atoms with E-state index >= 15 is 0 Å². The number of halogens is 1. The number of sulfone groups is 1. The summed E-state index contributed by atoms with van der Waals surface area (Å²) in [5, 5.41) is 16.2. The van der Waals surface area contributed by atoms with Gasteiger partial charge >= 0.3 is 0 Å². The molecule has 2 aliphatic rings. The first kappa shape index (κ1) is 30.1. The highest BCUT2D eigenvalue weighted by Crippen LogP contribution is 2.50. The van der Waals surface area contributed by atoms with Gasteiger partial charge in [0.05, 0.1) is 16.1 Å².